The highest BCUT2D eigenvalue weighted by molar-refractivity contribution is 7.85. The van der Waals surface area contributed by atoms with E-state index in [-0.39, 0.29) is 5.75 Å². The molecule has 0 spiro atoms. The lowest BCUT2D eigenvalue weighted by atomic mass is 10.2. The number of benzene rings is 1. The first-order chi connectivity index (χ1) is 6.01. The Morgan fingerprint density at radius 2 is 1.85 bits per heavy atom. The zero-order valence-electron chi connectivity index (χ0n) is 7.10. The molecule has 0 saturated carbocycles. The lowest BCUT2D eigenvalue weighted by Crippen LogP contribution is -2.01. The molecule has 0 aromatic heterocycles. The third-order valence-electron chi connectivity index (χ3n) is 1.51. The number of hydrogen-bond donors (Lipinski definition) is 1. The van der Waals surface area contributed by atoms with Gasteiger partial charge in [-0.1, -0.05) is 12.1 Å². The molecular weight excluding hydrogens is 192 g/mol. The molecule has 13 heavy (non-hydrogen) atoms. The van der Waals surface area contributed by atoms with Gasteiger partial charge in [-0.05, 0) is 17.7 Å². The van der Waals surface area contributed by atoms with Crippen LogP contribution < -0.4 is 4.74 Å². The average Bonchev–Trinajstić information content (AvgIpc) is 2.03. The van der Waals surface area contributed by atoms with Crippen molar-refractivity contribution in [2.75, 3.05) is 7.11 Å². The fourth-order valence-electron chi connectivity index (χ4n) is 0.932. The third-order valence-corrected chi connectivity index (χ3v) is 2.21. The van der Waals surface area contributed by atoms with Crippen molar-refractivity contribution in [3.63, 3.8) is 0 Å². The molecule has 0 radical (unpaired) electrons. The van der Waals surface area contributed by atoms with E-state index in [1.165, 1.54) is 7.11 Å². The highest BCUT2D eigenvalue weighted by Crippen LogP contribution is 2.12. The molecule has 0 saturated heterocycles. The van der Waals surface area contributed by atoms with Gasteiger partial charge in [0.15, 0.2) is 0 Å². The molecule has 1 aromatic carbocycles. The second-order valence-electron chi connectivity index (χ2n) is 2.57. The van der Waals surface area contributed by atoms with Crippen molar-refractivity contribution >= 4 is 10.1 Å². The maximum absolute atomic E-state index is 10.5. The van der Waals surface area contributed by atoms with Crippen molar-refractivity contribution in [3.8, 4) is 5.75 Å². The molecule has 0 aliphatic heterocycles. The largest absolute Gasteiger partial charge is 0.497 e. The minimum absolute atomic E-state index is 0.364. The van der Waals surface area contributed by atoms with Crippen LogP contribution in [-0.2, 0) is 15.9 Å². The van der Waals surface area contributed by atoms with Crippen LogP contribution in [0.25, 0.3) is 0 Å². The highest BCUT2D eigenvalue weighted by Gasteiger charge is 2.05. The van der Waals surface area contributed by atoms with Crippen LogP contribution in [0.5, 0.6) is 5.75 Å². The first-order valence-corrected chi connectivity index (χ1v) is 5.20. The highest BCUT2D eigenvalue weighted by atomic mass is 32.2. The summed E-state index contributed by atoms with van der Waals surface area (Å²) in [6, 6.07) is 6.46. The maximum Gasteiger partial charge on any atom is 0.269 e. The molecule has 5 heteroatoms. The quantitative estimate of drug-likeness (QED) is 0.745. The molecule has 0 aliphatic rings. The summed E-state index contributed by atoms with van der Waals surface area (Å²) in [5.41, 5.74) is 0.531. The van der Waals surface area contributed by atoms with E-state index in [0.717, 1.165) is 0 Å². The van der Waals surface area contributed by atoms with Gasteiger partial charge in [-0.2, -0.15) is 8.42 Å². The number of ether oxygens (including phenoxy) is 1. The molecule has 1 aromatic rings. The van der Waals surface area contributed by atoms with Crippen LogP contribution in [0.1, 0.15) is 5.56 Å². The van der Waals surface area contributed by atoms with Crippen LogP contribution in [-0.4, -0.2) is 20.1 Å². The summed E-state index contributed by atoms with van der Waals surface area (Å²) >= 11 is 0. The minimum atomic E-state index is -3.94. The zero-order chi connectivity index (χ0) is 9.90. The van der Waals surface area contributed by atoms with E-state index in [9.17, 15) is 8.42 Å². The summed E-state index contributed by atoms with van der Waals surface area (Å²) in [5.74, 6) is 0.288. The van der Waals surface area contributed by atoms with E-state index in [1.54, 1.807) is 24.3 Å². The van der Waals surface area contributed by atoms with Crippen molar-refractivity contribution in [2.24, 2.45) is 0 Å². The number of rotatable bonds is 3. The molecule has 0 fully saturated rings. The van der Waals surface area contributed by atoms with Gasteiger partial charge in [0.2, 0.25) is 0 Å². The topological polar surface area (TPSA) is 63.6 Å². The Morgan fingerprint density at radius 1 is 1.31 bits per heavy atom. The Morgan fingerprint density at radius 3 is 2.23 bits per heavy atom. The van der Waals surface area contributed by atoms with Crippen molar-refractivity contribution in [1.29, 1.82) is 0 Å². The van der Waals surface area contributed by atoms with Crippen molar-refractivity contribution < 1.29 is 17.7 Å². The normalized spacial score (nSPS) is 11.2. The fourth-order valence-corrected chi connectivity index (χ4v) is 1.55. The van der Waals surface area contributed by atoms with Gasteiger partial charge >= 0.3 is 0 Å². The third kappa shape index (κ3) is 3.43. The van der Waals surface area contributed by atoms with Gasteiger partial charge in [-0.25, -0.2) is 0 Å². The Bertz CT molecular complexity index is 366. The van der Waals surface area contributed by atoms with Gasteiger partial charge in [-0.15, -0.1) is 0 Å². The van der Waals surface area contributed by atoms with E-state index in [0.29, 0.717) is 11.3 Å². The van der Waals surface area contributed by atoms with E-state index >= 15 is 0 Å². The SMILES string of the molecule is COc1ccc(CS(=O)(=O)O)cc1. The second-order valence-corrected chi connectivity index (χ2v) is 4.03. The van der Waals surface area contributed by atoms with Crippen LogP contribution in [0, 0.1) is 0 Å². The van der Waals surface area contributed by atoms with Crippen molar-refractivity contribution in [3.05, 3.63) is 29.8 Å². The molecule has 72 valence electrons. The monoisotopic (exact) mass is 202 g/mol. The van der Waals surface area contributed by atoms with Gasteiger partial charge < -0.3 is 4.74 Å². The molecule has 0 atom stereocenters. The van der Waals surface area contributed by atoms with E-state index < -0.39 is 10.1 Å². The first kappa shape index (κ1) is 10.0. The second kappa shape index (κ2) is 3.76. The Balaban J connectivity index is 2.81. The number of hydrogen-bond acceptors (Lipinski definition) is 3. The van der Waals surface area contributed by atoms with Gasteiger partial charge in [0.05, 0.1) is 7.11 Å². The van der Waals surface area contributed by atoms with Gasteiger partial charge in [0, 0.05) is 0 Å². The lowest BCUT2D eigenvalue weighted by molar-refractivity contribution is 0.414. The molecule has 0 heterocycles. The van der Waals surface area contributed by atoms with Gasteiger partial charge in [-0.3, -0.25) is 4.55 Å². The van der Waals surface area contributed by atoms with Gasteiger partial charge in [0.25, 0.3) is 10.1 Å². The van der Waals surface area contributed by atoms with Crippen LogP contribution in [0.15, 0.2) is 24.3 Å². The van der Waals surface area contributed by atoms with Crippen LogP contribution in [0.2, 0.25) is 0 Å². The molecule has 1 rings (SSSR count). The van der Waals surface area contributed by atoms with Gasteiger partial charge in [0.1, 0.15) is 11.5 Å². The summed E-state index contributed by atoms with van der Waals surface area (Å²) in [5, 5.41) is 0. The summed E-state index contributed by atoms with van der Waals surface area (Å²) in [6.07, 6.45) is 0. The maximum atomic E-state index is 10.5. The molecule has 0 bridgehead atoms. The Labute approximate surface area is 76.9 Å². The Kier molecular flexibility index (Phi) is 2.90. The molecular formula is C8H10O4S. The predicted octanol–water partition coefficient (Wildman–Crippen LogP) is 1.08. The molecule has 0 unspecified atom stereocenters. The average molecular weight is 202 g/mol. The Hall–Kier alpha value is -1.07. The summed E-state index contributed by atoms with van der Waals surface area (Å²) < 4.78 is 34.4. The first-order valence-electron chi connectivity index (χ1n) is 3.59. The van der Waals surface area contributed by atoms with E-state index in [2.05, 4.69) is 0 Å². The molecule has 0 amide bonds. The van der Waals surface area contributed by atoms with Crippen LogP contribution in [0.3, 0.4) is 0 Å². The molecule has 0 aliphatic carbocycles. The fraction of sp³-hybridized carbons (Fsp3) is 0.250. The smallest absolute Gasteiger partial charge is 0.269 e. The number of methoxy groups -OCH3 is 1. The van der Waals surface area contributed by atoms with E-state index in [1.807, 2.05) is 0 Å². The van der Waals surface area contributed by atoms with Crippen LogP contribution in [0.4, 0.5) is 0 Å². The summed E-state index contributed by atoms with van der Waals surface area (Å²) in [7, 11) is -2.41. The van der Waals surface area contributed by atoms with Crippen molar-refractivity contribution in [2.45, 2.75) is 5.75 Å². The standard InChI is InChI=1S/C8H10O4S/c1-12-8-4-2-7(3-5-8)6-13(9,10)11/h2-5H,6H2,1H3,(H,9,10,11). The summed E-state index contributed by atoms with van der Waals surface area (Å²) in [6.45, 7) is 0. The molecule has 4 nitrogen and oxygen atoms in total. The lowest BCUT2D eigenvalue weighted by Gasteiger charge is -2.00. The minimum Gasteiger partial charge on any atom is -0.497 e. The summed E-state index contributed by atoms with van der Waals surface area (Å²) in [4.78, 5) is 0. The van der Waals surface area contributed by atoms with Crippen LogP contribution >= 0.6 is 0 Å². The van der Waals surface area contributed by atoms with E-state index in [4.69, 9.17) is 9.29 Å². The van der Waals surface area contributed by atoms with Crippen molar-refractivity contribution in [1.82, 2.24) is 0 Å². The zero-order valence-corrected chi connectivity index (χ0v) is 7.91. The molecule has 1 N–H and O–H groups in total. The predicted molar refractivity (Wildman–Crippen MR) is 48.2 cm³/mol.